The van der Waals surface area contributed by atoms with Crippen LogP contribution in [0.15, 0.2) is 0 Å². The van der Waals surface area contributed by atoms with Crippen molar-refractivity contribution in [2.24, 2.45) is 0 Å². The van der Waals surface area contributed by atoms with Crippen molar-refractivity contribution in [3.05, 3.63) is 0 Å². The van der Waals surface area contributed by atoms with Crippen molar-refractivity contribution in [2.45, 2.75) is 50.3 Å². The lowest BCUT2D eigenvalue weighted by Gasteiger charge is -2.33. The highest BCUT2D eigenvalue weighted by Gasteiger charge is 2.30. The van der Waals surface area contributed by atoms with Crippen molar-refractivity contribution in [1.29, 1.82) is 0 Å². The smallest absolute Gasteiger partial charge is 0.0615 e. The molecule has 144 valence electrons. The average Bonchev–Trinajstić information content (AvgIpc) is 2.46. The molecule has 9 heteroatoms. The Kier molecular flexibility index (Phi) is 15.8. The van der Waals surface area contributed by atoms with Crippen molar-refractivity contribution in [1.82, 2.24) is 0 Å². The second kappa shape index (κ2) is 15.1. The standard InChI is InChI=1S/C15H30S9/c1-10(16)4-19-7-13-22-14(8-20-5-11(2)17)24-15(23-13)9-21-6-12(3)18/h10-18H,4-9H2,1-3H3. The highest BCUT2D eigenvalue weighted by molar-refractivity contribution is 8.34. The van der Waals surface area contributed by atoms with Crippen LogP contribution in [0.2, 0.25) is 0 Å². The lowest BCUT2D eigenvalue weighted by Crippen LogP contribution is -2.23. The molecule has 1 heterocycles. The van der Waals surface area contributed by atoms with E-state index >= 15 is 0 Å². The van der Waals surface area contributed by atoms with Crippen LogP contribution < -0.4 is 0 Å². The fourth-order valence-corrected chi connectivity index (χ4v) is 13.3. The predicted molar refractivity (Wildman–Crippen MR) is 141 cm³/mol. The lowest BCUT2D eigenvalue weighted by atomic mass is 10.6. The molecule has 3 atom stereocenters. The molecule has 1 aliphatic heterocycles. The van der Waals surface area contributed by atoms with E-state index in [1.165, 1.54) is 17.3 Å². The van der Waals surface area contributed by atoms with Crippen LogP contribution in [0.25, 0.3) is 0 Å². The minimum absolute atomic E-state index is 0.495. The summed E-state index contributed by atoms with van der Waals surface area (Å²) in [5.74, 6) is 7.20. The van der Waals surface area contributed by atoms with E-state index in [-0.39, 0.29) is 0 Å². The van der Waals surface area contributed by atoms with E-state index in [1.807, 2.05) is 0 Å². The maximum Gasteiger partial charge on any atom is 0.0615 e. The number of rotatable bonds is 12. The molecule has 0 spiro atoms. The van der Waals surface area contributed by atoms with Crippen LogP contribution in [-0.4, -0.2) is 64.0 Å². The average molecular weight is 499 g/mol. The largest absolute Gasteiger partial charge is 0.175 e. The summed E-state index contributed by atoms with van der Waals surface area (Å²) < 4.78 is 2.17. The highest BCUT2D eigenvalue weighted by Crippen LogP contribution is 2.49. The Labute approximate surface area is 191 Å². The SMILES string of the molecule is CC(S)CSCC1SC(CSCC(C)S)SC(CSCC(C)S)S1. The summed E-state index contributed by atoms with van der Waals surface area (Å²) in [6.07, 6.45) is 0. The molecule has 24 heavy (non-hydrogen) atoms. The third-order valence-electron chi connectivity index (χ3n) is 2.75. The third kappa shape index (κ3) is 13.3. The zero-order chi connectivity index (χ0) is 17.9. The first kappa shape index (κ1) is 25.2. The Morgan fingerprint density at radius 3 is 1.08 bits per heavy atom. The molecule has 0 amide bonds. The van der Waals surface area contributed by atoms with Gasteiger partial charge in [-0.05, 0) is 0 Å². The topological polar surface area (TPSA) is 0 Å². The van der Waals surface area contributed by atoms with Gasteiger partial charge >= 0.3 is 0 Å². The maximum atomic E-state index is 4.50. The van der Waals surface area contributed by atoms with Crippen molar-refractivity contribution in [3.63, 3.8) is 0 Å². The molecule has 0 aromatic heterocycles. The minimum Gasteiger partial charge on any atom is -0.175 e. The van der Waals surface area contributed by atoms with Gasteiger partial charge in [0.2, 0.25) is 0 Å². The summed E-state index contributed by atoms with van der Waals surface area (Å²) in [5, 5.41) is 1.48. The van der Waals surface area contributed by atoms with Gasteiger partial charge in [0.15, 0.2) is 0 Å². The predicted octanol–water partition coefficient (Wildman–Crippen LogP) is 6.33. The number of hydrogen-bond acceptors (Lipinski definition) is 9. The molecule has 3 unspecified atom stereocenters. The Morgan fingerprint density at radius 2 is 0.875 bits per heavy atom. The lowest BCUT2D eigenvalue weighted by molar-refractivity contribution is 1.14. The van der Waals surface area contributed by atoms with E-state index in [9.17, 15) is 0 Å². The molecule has 0 radical (unpaired) electrons. The summed E-state index contributed by atoms with van der Waals surface area (Å²) in [7, 11) is 0. The Bertz CT molecular complexity index is 258. The van der Waals surface area contributed by atoms with Crippen molar-refractivity contribution >= 4 is 108 Å². The van der Waals surface area contributed by atoms with E-state index in [0.717, 1.165) is 31.0 Å². The zero-order valence-electron chi connectivity index (χ0n) is 14.5. The highest BCUT2D eigenvalue weighted by atomic mass is 32.3. The monoisotopic (exact) mass is 498 g/mol. The van der Waals surface area contributed by atoms with E-state index < -0.39 is 0 Å². The van der Waals surface area contributed by atoms with Gasteiger partial charge in [-0.3, -0.25) is 0 Å². The van der Waals surface area contributed by atoms with Gasteiger partial charge in [-0.15, -0.1) is 35.3 Å². The molecule has 0 N–H and O–H groups in total. The van der Waals surface area contributed by atoms with Gasteiger partial charge in [0.1, 0.15) is 0 Å². The summed E-state index contributed by atoms with van der Waals surface area (Å²) in [6.45, 7) is 6.55. The molecule has 0 saturated carbocycles. The van der Waals surface area contributed by atoms with Crippen LogP contribution in [0.3, 0.4) is 0 Å². The third-order valence-corrected chi connectivity index (χ3v) is 14.0. The van der Waals surface area contributed by atoms with Gasteiger partial charge in [-0.1, -0.05) is 20.8 Å². The molecular formula is C15H30S9. The number of hydrogen-bond donors (Lipinski definition) is 3. The second-order valence-corrected chi connectivity index (χ2v) is 16.9. The normalized spacial score (nSPS) is 28.5. The van der Waals surface area contributed by atoms with E-state index in [0.29, 0.717) is 15.7 Å². The summed E-state index contributed by atoms with van der Waals surface area (Å²) >= 11 is 26.3. The molecule has 1 aliphatic rings. The second-order valence-electron chi connectivity index (χ2n) is 5.86. The molecule has 1 rings (SSSR count). The van der Waals surface area contributed by atoms with Gasteiger partial charge in [0, 0.05) is 50.3 Å². The van der Waals surface area contributed by atoms with Crippen LogP contribution in [-0.2, 0) is 0 Å². The molecule has 1 saturated heterocycles. The van der Waals surface area contributed by atoms with Gasteiger partial charge in [0.25, 0.3) is 0 Å². The first-order chi connectivity index (χ1) is 11.4. The molecule has 0 aliphatic carbocycles. The van der Waals surface area contributed by atoms with Crippen LogP contribution in [0, 0.1) is 0 Å². The van der Waals surface area contributed by atoms with Crippen LogP contribution in [0.4, 0.5) is 0 Å². The fourth-order valence-electron chi connectivity index (χ4n) is 1.84. The molecule has 0 bridgehead atoms. The van der Waals surface area contributed by atoms with Gasteiger partial charge < -0.3 is 0 Å². The number of thiol groups is 3. The zero-order valence-corrected chi connectivity index (χ0v) is 22.1. The first-order valence-electron chi connectivity index (χ1n) is 8.10. The van der Waals surface area contributed by atoms with Gasteiger partial charge in [-0.2, -0.15) is 73.2 Å². The molecule has 0 nitrogen and oxygen atoms in total. The minimum atomic E-state index is 0.495. The van der Waals surface area contributed by atoms with E-state index in [1.54, 1.807) is 0 Å². The molecular weight excluding hydrogens is 469 g/mol. The van der Waals surface area contributed by atoms with Crippen LogP contribution in [0.1, 0.15) is 20.8 Å². The maximum absolute atomic E-state index is 4.50. The summed E-state index contributed by atoms with van der Waals surface area (Å²) in [5.41, 5.74) is 0. The fraction of sp³-hybridized carbons (Fsp3) is 1.00. The van der Waals surface area contributed by atoms with Crippen molar-refractivity contribution in [2.75, 3.05) is 34.5 Å². The summed E-state index contributed by atoms with van der Waals surface area (Å²) in [4.78, 5) is 0. The molecule has 0 aromatic carbocycles. The van der Waals surface area contributed by atoms with Gasteiger partial charge in [0.05, 0.1) is 13.7 Å². The Hall–Kier alpha value is 3.15. The van der Waals surface area contributed by atoms with E-state index in [2.05, 4.69) is 129 Å². The van der Waals surface area contributed by atoms with Crippen molar-refractivity contribution < 1.29 is 0 Å². The molecule has 0 aromatic rings. The van der Waals surface area contributed by atoms with Crippen LogP contribution in [0.5, 0.6) is 0 Å². The summed E-state index contributed by atoms with van der Waals surface area (Å²) in [6, 6.07) is 0. The Balaban J connectivity index is 2.41. The Morgan fingerprint density at radius 1 is 0.625 bits per heavy atom. The van der Waals surface area contributed by atoms with Crippen molar-refractivity contribution in [3.8, 4) is 0 Å². The van der Waals surface area contributed by atoms with Crippen LogP contribution >= 0.6 is 108 Å². The van der Waals surface area contributed by atoms with Gasteiger partial charge in [-0.25, -0.2) is 0 Å². The molecule has 1 fully saturated rings. The van der Waals surface area contributed by atoms with E-state index in [4.69, 9.17) is 0 Å². The number of thioether (sulfide) groups is 6. The quantitative estimate of drug-likeness (QED) is 0.267. The first-order valence-corrected chi connectivity index (χ1v) is 15.9.